The highest BCUT2D eigenvalue weighted by atomic mass is 16.2. The number of hydrogen-bond donors (Lipinski definition) is 2. The van der Waals surface area contributed by atoms with Crippen LogP contribution in [0.2, 0.25) is 0 Å². The molecule has 134 valence electrons. The quantitative estimate of drug-likeness (QED) is 0.647. The van der Waals surface area contributed by atoms with Crippen LogP contribution >= 0.6 is 0 Å². The normalized spacial score (nSPS) is 12.0. The van der Waals surface area contributed by atoms with E-state index in [-0.39, 0.29) is 24.3 Å². The van der Waals surface area contributed by atoms with Crippen molar-refractivity contribution in [1.82, 2.24) is 20.5 Å². The minimum atomic E-state index is -0.183. The lowest BCUT2D eigenvalue weighted by Gasteiger charge is -2.19. The summed E-state index contributed by atoms with van der Waals surface area (Å²) >= 11 is 0. The van der Waals surface area contributed by atoms with Crippen LogP contribution in [0.15, 0.2) is 24.5 Å². The molecule has 0 aliphatic rings. The largest absolute Gasteiger partial charge is 0.354 e. The fourth-order valence-electron chi connectivity index (χ4n) is 2.47. The van der Waals surface area contributed by atoms with Crippen LogP contribution in [0.5, 0.6) is 0 Å². The summed E-state index contributed by atoms with van der Waals surface area (Å²) in [5.41, 5.74) is 0.551. The molecule has 1 rings (SSSR count). The molecule has 0 spiro atoms. The molecule has 1 aromatic rings. The number of aromatic nitrogens is 1. The third-order valence-corrected chi connectivity index (χ3v) is 3.99. The topological polar surface area (TPSA) is 74.3 Å². The SMILES string of the molecule is CCN(CC)CCCC(C)NC(=O)CCNC(=O)c1ccncc1. The molecule has 0 aliphatic heterocycles. The summed E-state index contributed by atoms with van der Waals surface area (Å²) in [6, 6.07) is 3.45. The molecular formula is C18H30N4O2. The summed E-state index contributed by atoms with van der Waals surface area (Å²) in [4.78, 5) is 30.0. The van der Waals surface area contributed by atoms with Gasteiger partial charge in [-0.05, 0) is 51.5 Å². The average Bonchev–Trinajstić information content (AvgIpc) is 2.59. The van der Waals surface area contributed by atoms with E-state index in [1.807, 2.05) is 6.92 Å². The Morgan fingerprint density at radius 3 is 2.50 bits per heavy atom. The van der Waals surface area contributed by atoms with E-state index < -0.39 is 0 Å². The van der Waals surface area contributed by atoms with Crippen molar-refractivity contribution in [2.24, 2.45) is 0 Å². The van der Waals surface area contributed by atoms with Crippen LogP contribution in [0.3, 0.4) is 0 Å². The zero-order valence-corrected chi connectivity index (χ0v) is 15.0. The van der Waals surface area contributed by atoms with Gasteiger partial charge in [0.1, 0.15) is 0 Å². The van der Waals surface area contributed by atoms with Crippen LogP contribution in [0.4, 0.5) is 0 Å². The predicted molar refractivity (Wildman–Crippen MR) is 95.8 cm³/mol. The van der Waals surface area contributed by atoms with E-state index in [2.05, 4.69) is 34.4 Å². The molecule has 0 radical (unpaired) electrons. The highest BCUT2D eigenvalue weighted by Gasteiger charge is 2.09. The highest BCUT2D eigenvalue weighted by Crippen LogP contribution is 2.00. The van der Waals surface area contributed by atoms with E-state index in [0.29, 0.717) is 12.1 Å². The van der Waals surface area contributed by atoms with Gasteiger partial charge in [0.25, 0.3) is 5.91 Å². The maximum Gasteiger partial charge on any atom is 0.251 e. The second kappa shape index (κ2) is 11.6. The van der Waals surface area contributed by atoms with Gasteiger partial charge in [0.15, 0.2) is 0 Å². The molecule has 0 saturated heterocycles. The number of amides is 2. The first kappa shape index (κ1) is 20.1. The molecule has 1 unspecified atom stereocenters. The minimum absolute atomic E-state index is 0.0274. The minimum Gasteiger partial charge on any atom is -0.354 e. The van der Waals surface area contributed by atoms with E-state index in [0.717, 1.165) is 32.5 Å². The molecule has 0 saturated carbocycles. The van der Waals surface area contributed by atoms with Crippen molar-refractivity contribution in [3.63, 3.8) is 0 Å². The number of nitrogens with one attached hydrogen (secondary N) is 2. The molecule has 0 bridgehead atoms. The molecular weight excluding hydrogens is 304 g/mol. The summed E-state index contributed by atoms with van der Waals surface area (Å²) in [5, 5.41) is 5.73. The molecule has 6 nitrogen and oxygen atoms in total. The van der Waals surface area contributed by atoms with Crippen molar-refractivity contribution >= 4 is 11.8 Å². The van der Waals surface area contributed by atoms with Gasteiger partial charge in [-0.3, -0.25) is 14.6 Å². The van der Waals surface area contributed by atoms with E-state index in [1.165, 1.54) is 0 Å². The summed E-state index contributed by atoms with van der Waals surface area (Å²) in [6.45, 7) is 9.87. The predicted octanol–water partition coefficient (Wildman–Crippen LogP) is 1.83. The average molecular weight is 334 g/mol. The number of carbonyl (C=O) groups excluding carboxylic acids is 2. The fraction of sp³-hybridized carbons (Fsp3) is 0.611. The van der Waals surface area contributed by atoms with Crippen LogP contribution in [-0.4, -0.2) is 53.9 Å². The summed E-state index contributed by atoms with van der Waals surface area (Å²) in [6.07, 6.45) is 5.47. The van der Waals surface area contributed by atoms with Crippen molar-refractivity contribution in [2.75, 3.05) is 26.2 Å². The van der Waals surface area contributed by atoms with Gasteiger partial charge in [0.2, 0.25) is 5.91 Å². The molecule has 1 atom stereocenters. The standard InChI is InChI=1S/C18H30N4O2/c1-4-22(5-2)14-6-7-15(3)21-17(23)10-13-20-18(24)16-8-11-19-12-9-16/h8-9,11-12,15H,4-7,10,13-14H2,1-3H3,(H,20,24)(H,21,23). The monoisotopic (exact) mass is 334 g/mol. The first-order chi connectivity index (χ1) is 11.6. The lowest BCUT2D eigenvalue weighted by Crippen LogP contribution is -2.36. The number of nitrogens with zero attached hydrogens (tertiary/aromatic N) is 2. The van der Waals surface area contributed by atoms with E-state index in [9.17, 15) is 9.59 Å². The van der Waals surface area contributed by atoms with Gasteiger partial charge in [0.05, 0.1) is 0 Å². The molecule has 1 heterocycles. The van der Waals surface area contributed by atoms with Gasteiger partial charge in [-0.15, -0.1) is 0 Å². The number of pyridine rings is 1. The van der Waals surface area contributed by atoms with Gasteiger partial charge < -0.3 is 15.5 Å². The maximum atomic E-state index is 11.9. The maximum absolute atomic E-state index is 11.9. The molecule has 0 aliphatic carbocycles. The zero-order valence-electron chi connectivity index (χ0n) is 15.0. The highest BCUT2D eigenvalue weighted by molar-refractivity contribution is 5.94. The first-order valence-corrected chi connectivity index (χ1v) is 8.76. The smallest absolute Gasteiger partial charge is 0.251 e. The molecule has 1 aromatic heterocycles. The van der Waals surface area contributed by atoms with E-state index in [4.69, 9.17) is 0 Å². The van der Waals surface area contributed by atoms with Gasteiger partial charge in [-0.1, -0.05) is 13.8 Å². The van der Waals surface area contributed by atoms with Gasteiger partial charge in [-0.2, -0.15) is 0 Å². The van der Waals surface area contributed by atoms with Gasteiger partial charge >= 0.3 is 0 Å². The van der Waals surface area contributed by atoms with Crippen LogP contribution < -0.4 is 10.6 Å². The van der Waals surface area contributed by atoms with E-state index >= 15 is 0 Å². The Kier molecular flexibility index (Phi) is 9.68. The summed E-state index contributed by atoms with van der Waals surface area (Å²) < 4.78 is 0. The molecule has 0 fully saturated rings. The number of carbonyl (C=O) groups is 2. The molecule has 6 heteroatoms. The fourth-order valence-corrected chi connectivity index (χ4v) is 2.47. The third kappa shape index (κ3) is 8.06. The zero-order chi connectivity index (χ0) is 17.8. The second-order valence-electron chi connectivity index (χ2n) is 5.88. The van der Waals surface area contributed by atoms with Crippen LogP contribution in [0.25, 0.3) is 0 Å². The summed E-state index contributed by atoms with van der Waals surface area (Å²) in [7, 11) is 0. The van der Waals surface area contributed by atoms with E-state index in [1.54, 1.807) is 24.5 Å². The van der Waals surface area contributed by atoms with Gasteiger partial charge in [-0.25, -0.2) is 0 Å². The van der Waals surface area contributed by atoms with Crippen molar-refractivity contribution in [3.05, 3.63) is 30.1 Å². The van der Waals surface area contributed by atoms with Crippen LogP contribution in [0, 0.1) is 0 Å². The van der Waals surface area contributed by atoms with Crippen LogP contribution in [0.1, 0.15) is 50.4 Å². The van der Waals surface area contributed by atoms with Crippen molar-refractivity contribution in [2.45, 2.75) is 46.1 Å². The molecule has 2 N–H and O–H groups in total. The Balaban J connectivity index is 2.16. The lowest BCUT2D eigenvalue weighted by atomic mass is 10.1. The van der Waals surface area contributed by atoms with Crippen molar-refractivity contribution in [3.8, 4) is 0 Å². The molecule has 0 aromatic carbocycles. The summed E-state index contributed by atoms with van der Waals surface area (Å²) in [5.74, 6) is -0.210. The molecule has 2 amide bonds. The molecule has 24 heavy (non-hydrogen) atoms. The third-order valence-electron chi connectivity index (χ3n) is 3.99. The lowest BCUT2D eigenvalue weighted by molar-refractivity contribution is -0.121. The van der Waals surface area contributed by atoms with Crippen LogP contribution in [-0.2, 0) is 4.79 Å². The Morgan fingerprint density at radius 2 is 1.88 bits per heavy atom. The second-order valence-corrected chi connectivity index (χ2v) is 5.88. The number of hydrogen-bond acceptors (Lipinski definition) is 4. The first-order valence-electron chi connectivity index (χ1n) is 8.76. The Labute approximate surface area is 145 Å². The van der Waals surface area contributed by atoms with Gasteiger partial charge in [0, 0.05) is 37.0 Å². The Hall–Kier alpha value is -1.95. The number of rotatable bonds is 11. The van der Waals surface area contributed by atoms with Crippen molar-refractivity contribution in [1.29, 1.82) is 0 Å². The van der Waals surface area contributed by atoms with Crippen molar-refractivity contribution < 1.29 is 9.59 Å². The Morgan fingerprint density at radius 1 is 1.21 bits per heavy atom. The Bertz CT molecular complexity index is 489.